The highest BCUT2D eigenvalue weighted by atomic mass is 16.3. The number of hydrogen-bond acceptors (Lipinski definition) is 3. The van der Waals surface area contributed by atoms with Gasteiger partial charge in [0.05, 0.1) is 18.1 Å². The second kappa shape index (κ2) is 5.33. The Balaban J connectivity index is 2.27. The minimum Gasteiger partial charge on any atom is -0.389 e. The highest BCUT2D eigenvalue weighted by molar-refractivity contribution is 4.89. The van der Waals surface area contributed by atoms with Crippen molar-refractivity contribution in [3.8, 4) is 6.07 Å². The average Bonchev–Trinajstić information content (AvgIpc) is 2.60. The van der Waals surface area contributed by atoms with Crippen LogP contribution in [0.3, 0.4) is 0 Å². The molecule has 0 aromatic heterocycles. The lowest BCUT2D eigenvalue weighted by Crippen LogP contribution is -2.42. The summed E-state index contributed by atoms with van der Waals surface area (Å²) in [6.07, 6.45) is 5.56. The van der Waals surface area contributed by atoms with Crippen molar-refractivity contribution < 1.29 is 5.11 Å². The minimum absolute atomic E-state index is 0.240. The molecule has 3 heteroatoms. The van der Waals surface area contributed by atoms with Crippen molar-refractivity contribution >= 4 is 0 Å². The quantitative estimate of drug-likeness (QED) is 0.701. The van der Waals surface area contributed by atoms with E-state index in [2.05, 4.69) is 18.3 Å². The fraction of sp³-hybridized carbons (Fsp3) is 0.909. The number of nitriles is 1. The molecule has 0 amide bonds. The second-order valence-electron chi connectivity index (χ2n) is 4.28. The molecule has 3 nitrogen and oxygen atoms in total. The van der Waals surface area contributed by atoms with Gasteiger partial charge in [-0.05, 0) is 19.3 Å². The summed E-state index contributed by atoms with van der Waals surface area (Å²) in [5, 5.41) is 21.9. The van der Waals surface area contributed by atoms with Gasteiger partial charge in [0.15, 0.2) is 0 Å². The number of aliphatic hydroxyl groups is 1. The molecule has 0 heterocycles. The van der Waals surface area contributed by atoms with E-state index in [1.807, 2.05) is 0 Å². The fourth-order valence-electron chi connectivity index (χ4n) is 2.02. The van der Waals surface area contributed by atoms with Crippen molar-refractivity contribution in [3.05, 3.63) is 0 Å². The largest absolute Gasteiger partial charge is 0.389 e. The van der Waals surface area contributed by atoms with Crippen LogP contribution in [0.5, 0.6) is 0 Å². The molecule has 0 aliphatic heterocycles. The molecule has 1 aliphatic carbocycles. The molecule has 1 atom stereocenters. The van der Waals surface area contributed by atoms with E-state index in [1.165, 1.54) is 0 Å². The Morgan fingerprint density at radius 1 is 1.50 bits per heavy atom. The summed E-state index contributed by atoms with van der Waals surface area (Å²) < 4.78 is 0. The van der Waals surface area contributed by atoms with Gasteiger partial charge in [-0.3, -0.25) is 0 Å². The highest BCUT2D eigenvalue weighted by Crippen LogP contribution is 2.28. The van der Waals surface area contributed by atoms with Crippen LogP contribution in [-0.4, -0.2) is 23.3 Å². The molecule has 1 fully saturated rings. The van der Waals surface area contributed by atoms with Crippen LogP contribution in [0.2, 0.25) is 0 Å². The van der Waals surface area contributed by atoms with E-state index in [1.54, 1.807) is 0 Å². The van der Waals surface area contributed by atoms with E-state index in [9.17, 15) is 5.11 Å². The Bertz CT molecular complexity index is 204. The first-order valence-electron chi connectivity index (χ1n) is 5.53. The van der Waals surface area contributed by atoms with Crippen LogP contribution in [0.1, 0.15) is 45.4 Å². The number of rotatable bonds is 5. The summed E-state index contributed by atoms with van der Waals surface area (Å²) in [6.45, 7) is 2.71. The summed E-state index contributed by atoms with van der Waals surface area (Å²) in [6, 6.07) is 2.40. The van der Waals surface area contributed by atoms with Crippen molar-refractivity contribution in [3.63, 3.8) is 0 Å². The molecule has 1 saturated carbocycles. The normalized spacial score (nSPS) is 21.8. The molecule has 0 radical (unpaired) electrons. The number of nitrogens with zero attached hydrogens (tertiary/aromatic N) is 1. The summed E-state index contributed by atoms with van der Waals surface area (Å²) in [4.78, 5) is 0. The maximum atomic E-state index is 10.1. The lowest BCUT2D eigenvalue weighted by atomic mass is 10.0. The molecule has 14 heavy (non-hydrogen) atoms. The first-order valence-corrected chi connectivity index (χ1v) is 5.53. The van der Waals surface area contributed by atoms with Crippen molar-refractivity contribution in [1.29, 1.82) is 5.26 Å². The molecule has 2 N–H and O–H groups in total. The predicted molar refractivity (Wildman–Crippen MR) is 55.7 cm³/mol. The van der Waals surface area contributed by atoms with Crippen molar-refractivity contribution in [2.45, 2.75) is 57.1 Å². The van der Waals surface area contributed by atoms with Crippen LogP contribution in [0.15, 0.2) is 0 Å². The van der Waals surface area contributed by atoms with Gasteiger partial charge in [0, 0.05) is 12.6 Å². The van der Waals surface area contributed by atoms with Crippen LogP contribution in [-0.2, 0) is 0 Å². The van der Waals surface area contributed by atoms with Crippen LogP contribution in [0, 0.1) is 11.3 Å². The maximum Gasteiger partial charge on any atom is 0.0771 e. The zero-order valence-electron chi connectivity index (χ0n) is 8.92. The van der Waals surface area contributed by atoms with Gasteiger partial charge in [-0.2, -0.15) is 5.26 Å². The van der Waals surface area contributed by atoms with E-state index < -0.39 is 5.60 Å². The summed E-state index contributed by atoms with van der Waals surface area (Å²) in [7, 11) is 0. The molecule has 80 valence electrons. The molecule has 0 saturated heterocycles. The summed E-state index contributed by atoms with van der Waals surface area (Å²) in [5.74, 6) is 0. The van der Waals surface area contributed by atoms with Gasteiger partial charge in [0.2, 0.25) is 0 Å². The Morgan fingerprint density at radius 3 is 2.64 bits per heavy atom. The van der Waals surface area contributed by atoms with E-state index in [4.69, 9.17) is 5.26 Å². The molecule has 0 spiro atoms. The van der Waals surface area contributed by atoms with Crippen LogP contribution >= 0.6 is 0 Å². The SMILES string of the molecule is CCC(CC#N)NCC1(O)CCCC1. The highest BCUT2D eigenvalue weighted by Gasteiger charge is 2.31. The van der Waals surface area contributed by atoms with Crippen LogP contribution in [0.4, 0.5) is 0 Å². The van der Waals surface area contributed by atoms with Gasteiger partial charge in [-0.15, -0.1) is 0 Å². The molecule has 0 aromatic rings. The third-order valence-corrected chi connectivity index (χ3v) is 3.08. The smallest absolute Gasteiger partial charge is 0.0771 e. The van der Waals surface area contributed by atoms with Gasteiger partial charge in [0.1, 0.15) is 0 Å². The van der Waals surface area contributed by atoms with E-state index >= 15 is 0 Å². The third kappa shape index (κ3) is 3.28. The van der Waals surface area contributed by atoms with Gasteiger partial charge in [-0.1, -0.05) is 19.8 Å². The summed E-state index contributed by atoms with van der Waals surface area (Å²) in [5.41, 5.74) is -0.497. The van der Waals surface area contributed by atoms with Gasteiger partial charge in [0.25, 0.3) is 0 Å². The van der Waals surface area contributed by atoms with E-state index in [-0.39, 0.29) is 6.04 Å². The van der Waals surface area contributed by atoms with Gasteiger partial charge in [-0.25, -0.2) is 0 Å². The Morgan fingerprint density at radius 2 is 2.14 bits per heavy atom. The van der Waals surface area contributed by atoms with Crippen molar-refractivity contribution in [2.24, 2.45) is 0 Å². The molecular formula is C11H20N2O. The van der Waals surface area contributed by atoms with Crippen LogP contribution in [0.25, 0.3) is 0 Å². The molecule has 1 rings (SSSR count). The van der Waals surface area contributed by atoms with Crippen LogP contribution < -0.4 is 5.32 Å². The molecule has 1 aliphatic rings. The lowest BCUT2D eigenvalue weighted by molar-refractivity contribution is 0.0448. The van der Waals surface area contributed by atoms with E-state index in [0.29, 0.717) is 13.0 Å². The van der Waals surface area contributed by atoms with E-state index in [0.717, 1.165) is 32.1 Å². The number of nitrogens with one attached hydrogen (secondary N) is 1. The number of hydrogen-bond donors (Lipinski definition) is 2. The predicted octanol–water partition coefficient (Wildman–Crippen LogP) is 1.57. The minimum atomic E-state index is -0.497. The average molecular weight is 196 g/mol. The maximum absolute atomic E-state index is 10.1. The third-order valence-electron chi connectivity index (χ3n) is 3.08. The second-order valence-corrected chi connectivity index (χ2v) is 4.28. The molecule has 0 bridgehead atoms. The first kappa shape index (κ1) is 11.5. The Hall–Kier alpha value is -0.590. The fourth-order valence-corrected chi connectivity index (χ4v) is 2.02. The Kier molecular flexibility index (Phi) is 4.37. The van der Waals surface area contributed by atoms with Crippen molar-refractivity contribution in [2.75, 3.05) is 6.54 Å². The molecule has 1 unspecified atom stereocenters. The molecular weight excluding hydrogens is 176 g/mol. The first-order chi connectivity index (χ1) is 6.70. The molecule has 0 aromatic carbocycles. The zero-order valence-corrected chi connectivity index (χ0v) is 8.92. The van der Waals surface area contributed by atoms with Gasteiger partial charge < -0.3 is 10.4 Å². The topological polar surface area (TPSA) is 56.0 Å². The Labute approximate surface area is 86.1 Å². The van der Waals surface area contributed by atoms with Gasteiger partial charge >= 0.3 is 0 Å². The standard InChI is InChI=1S/C11H20N2O/c1-2-10(5-8-12)13-9-11(14)6-3-4-7-11/h10,13-14H,2-7,9H2,1H3. The lowest BCUT2D eigenvalue weighted by Gasteiger charge is -2.25. The van der Waals surface area contributed by atoms with Crippen molar-refractivity contribution in [1.82, 2.24) is 5.32 Å². The summed E-state index contributed by atoms with van der Waals surface area (Å²) >= 11 is 0. The monoisotopic (exact) mass is 196 g/mol. The zero-order chi connectivity index (χ0) is 10.4.